The van der Waals surface area contributed by atoms with Gasteiger partial charge in [-0.1, -0.05) is 22.0 Å². The topological polar surface area (TPSA) is 41.6 Å². The molecule has 1 heterocycles. The van der Waals surface area contributed by atoms with Crippen LogP contribution in [0.2, 0.25) is 0 Å². The van der Waals surface area contributed by atoms with E-state index in [0.717, 1.165) is 42.6 Å². The maximum atomic E-state index is 12.1. The third-order valence-corrected chi connectivity index (χ3v) is 4.35. The Labute approximate surface area is 147 Å². The van der Waals surface area contributed by atoms with E-state index in [0.29, 0.717) is 19.1 Å². The summed E-state index contributed by atoms with van der Waals surface area (Å²) in [6.45, 7) is 2.32. The highest BCUT2D eigenvalue weighted by Gasteiger charge is 2.21. The molecule has 0 spiro atoms. The molecule has 0 saturated carbocycles. The molecular formula is C16H24BrClN2O2. The quantitative estimate of drug-likeness (QED) is 0.757. The molecular weight excluding hydrogens is 368 g/mol. The van der Waals surface area contributed by atoms with Gasteiger partial charge in [0, 0.05) is 30.0 Å². The predicted octanol–water partition coefficient (Wildman–Crippen LogP) is 3.24. The number of ether oxygens (including phenoxy) is 1. The van der Waals surface area contributed by atoms with Crippen LogP contribution < -0.4 is 10.1 Å². The molecule has 0 aliphatic carbocycles. The zero-order chi connectivity index (χ0) is 15.1. The normalized spacial score (nSPS) is 15.3. The fourth-order valence-electron chi connectivity index (χ4n) is 2.55. The SMILES string of the molecule is CNC1CCN(C(=O)CCCOc2cccc(Br)c2)CC1.Cl. The van der Waals surface area contributed by atoms with Crippen molar-refractivity contribution in [1.82, 2.24) is 10.2 Å². The van der Waals surface area contributed by atoms with Crippen LogP contribution in [-0.2, 0) is 4.79 Å². The number of benzene rings is 1. The van der Waals surface area contributed by atoms with Crippen molar-refractivity contribution in [2.75, 3.05) is 26.7 Å². The minimum Gasteiger partial charge on any atom is -0.494 e. The lowest BCUT2D eigenvalue weighted by atomic mass is 10.0. The van der Waals surface area contributed by atoms with E-state index in [9.17, 15) is 4.79 Å². The van der Waals surface area contributed by atoms with Gasteiger partial charge in [0.15, 0.2) is 0 Å². The Hall–Kier alpha value is -0.780. The molecule has 1 aliphatic heterocycles. The van der Waals surface area contributed by atoms with Crippen LogP contribution in [0.5, 0.6) is 5.75 Å². The molecule has 124 valence electrons. The number of nitrogens with one attached hydrogen (secondary N) is 1. The Kier molecular flexibility index (Phi) is 8.83. The van der Waals surface area contributed by atoms with Gasteiger partial charge in [0.25, 0.3) is 0 Å². The average Bonchev–Trinajstić information content (AvgIpc) is 2.51. The van der Waals surface area contributed by atoms with Gasteiger partial charge in [-0.3, -0.25) is 4.79 Å². The molecule has 1 fully saturated rings. The van der Waals surface area contributed by atoms with Gasteiger partial charge in [0.05, 0.1) is 6.61 Å². The van der Waals surface area contributed by atoms with Gasteiger partial charge in [-0.25, -0.2) is 0 Å². The molecule has 4 nitrogen and oxygen atoms in total. The van der Waals surface area contributed by atoms with Gasteiger partial charge in [-0.15, -0.1) is 12.4 Å². The molecule has 6 heteroatoms. The van der Waals surface area contributed by atoms with Crippen LogP contribution in [-0.4, -0.2) is 43.6 Å². The standard InChI is InChI=1S/C16H23BrN2O2.ClH/c1-18-14-7-9-19(10-8-14)16(20)6-3-11-21-15-5-2-4-13(17)12-15;/h2,4-5,12,14,18H,3,6-11H2,1H3;1H. The van der Waals surface area contributed by atoms with Crippen molar-refractivity contribution in [2.24, 2.45) is 0 Å². The Bertz CT molecular complexity index is 465. The van der Waals surface area contributed by atoms with Crippen LogP contribution >= 0.6 is 28.3 Å². The van der Waals surface area contributed by atoms with Crippen molar-refractivity contribution < 1.29 is 9.53 Å². The molecule has 0 unspecified atom stereocenters. The number of hydrogen-bond donors (Lipinski definition) is 1. The van der Waals surface area contributed by atoms with Crippen molar-refractivity contribution in [1.29, 1.82) is 0 Å². The molecule has 0 radical (unpaired) electrons. The Morgan fingerprint density at radius 1 is 1.41 bits per heavy atom. The summed E-state index contributed by atoms with van der Waals surface area (Å²) in [5.41, 5.74) is 0. The number of carbonyl (C=O) groups is 1. The summed E-state index contributed by atoms with van der Waals surface area (Å²) in [5.74, 6) is 1.09. The van der Waals surface area contributed by atoms with Crippen LogP contribution in [0, 0.1) is 0 Å². The molecule has 1 amide bonds. The van der Waals surface area contributed by atoms with Gasteiger partial charge < -0.3 is 15.0 Å². The predicted molar refractivity (Wildman–Crippen MR) is 94.8 cm³/mol. The molecule has 0 aromatic heterocycles. The number of halogens is 2. The summed E-state index contributed by atoms with van der Waals surface area (Å²) < 4.78 is 6.65. The molecule has 1 aromatic carbocycles. The van der Waals surface area contributed by atoms with Crippen LogP contribution in [0.15, 0.2) is 28.7 Å². The molecule has 1 aliphatic rings. The van der Waals surface area contributed by atoms with Gasteiger partial charge in [0.2, 0.25) is 5.91 Å². The lowest BCUT2D eigenvalue weighted by molar-refractivity contribution is -0.132. The summed E-state index contributed by atoms with van der Waals surface area (Å²) in [4.78, 5) is 14.1. The highest BCUT2D eigenvalue weighted by Crippen LogP contribution is 2.18. The molecule has 2 rings (SSSR count). The van der Waals surface area contributed by atoms with Crippen molar-refractivity contribution in [3.63, 3.8) is 0 Å². The summed E-state index contributed by atoms with van der Waals surface area (Å²) in [7, 11) is 1.99. The number of amides is 1. The van der Waals surface area contributed by atoms with Crippen molar-refractivity contribution >= 4 is 34.2 Å². The highest BCUT2D eigenvalue weighted by atomic mass is 79.9. The number of hydrogen-bond acceptors (Lipinski definition) is 3. The summed E-state index contributed by atoms with van der Waals surface area (Å²) in [6.07, 6.45) is 3.43. The lowest BCUT2D eigenvalue weighted by Crippen LogP contribution is -2.43. The van der Waals surface area contributed by atoms with Crippen molar-refractivity contribution in [2.45, 2.75) is 31.7 Å². The van der Waals surface area contributed by atoms with Crippen LogP contribution in [0.25, 0.3) is 0 Å². The van der Waals surface area contributed by atoms with E-state index in [1.165, 1.54) is 0 Å². The van der Waals surface area contributed by atoms with Gasteiger partial charge in [-0.2, -0.15) is 0 Å². The van der Waals surface area contributed by atoms with Crippen molar-refractivity contribution in [3.8, 4) is 5.75 Å². The zero-order valence-electron chi connectivity index (χ0n) is 12.9. The first-order valence-electron chi connectivity index (χ1n) is 7.52. The van der Waals surface area contributed by atoms with E-state index in [4.69, 9.17) is 4.74 Å². The first-order valence-corrected chi connectivity index (χ1v) is 8.32. The first-order chi connectivity index (χ1) is 10.2. The maximum Gasteiger partial charge on any atom is 0.222 e. The third kappa shape index (κ3) is 6.15. The maximum absolute atomic E-state index is 12.1. The first kappa shape index (κ1) is 19.3. The number of rotatable bonds is 6. The van der Waals surface area contributed by atoms with Crippen LogP contribution in [0.4, 0.5) is 0 Å². The summed E-state index contributed by atoms with van der Waals surface area (Å²) in [5, 5.41) is 3.28. The Morgan fingerprint density at radius 2 is 2.14 bits per heavy atom. The molecule has 0 atom stereocenters. The number of likely N-dealkylation sites (tertiary alicyclic amines) is 1. The van der Waals surface area contributed by atoms with Gasteiger partial charge in [-0.05, 0) is 44.5 Å². The average molecular weight is 392 g/mol. The molecule has 1 N–H and O–H groups in total. The fraction of sp³-hybridized carbons (Fsp3) is 0.562. The molecule has 22 heavy (non-hydrogen) atoms. The van der Waals surface area contributed by atoms with Crippen molar-refractivity contribution in [3.05, 3.63) is 28.7 Å². The number of carbonyl (C=O) groups excluding carboxylic acids is 1. The number of nitrogens with zero attached hydrogens (tertiary/aromatic N) is 1. The Morgan fingerprint density at radius 3 is 2.77 bits per heavy atom. The van der Waals surface area contributed by atoms with E-state index < -0.39 is 0 Å². The van der Waals surface area contributed by atoms with Crippen LogP contribution in [0.1, 0.15) is 25.7 Å². The highest BCUT2D eigenvalue weighted by molar-refractivity contribution is 9.10. The van der Waals surface area contributed by atoms with E-state index in [1.807, 2.05) is 36.2 Å². The van der Waals surface area contributed by atoms with E-state index in [-0.39, 0.29) is 18.3 Å². The number of piperidine rings is 1. The molecule has 1 saturated heterocycles. The smallest absolute Gasteiger partial charge is 0.222 e. The van der Waals surface area contributed by atoms with Crippen LogP contribution in [0.3, 0.4) is 0 Å². The van der Waals surface area contributed by atoms with E-state index in [1.54, 1.807) is 0 Å². The lowest BCUT2D eigenvalue weighted by Gasteiger charge is -2.31. The minimum absolute atomic E-state index is 0. The summed E-state index contributed by atoms with van der Waals surface area (Å²) in [6, 6.07) is 8.33. The van der Waals surface area contributed by atoms with Gasteiger partial charge >= 0.3 is 0 Å². The zero-order valence-corrected chi connectivity index (χ0v) is 15.3. The van der Waals surface area contributed by atoms with E-state index in [2.05, 4.69) is 21.2 Å². The van der Waals surface area contributed by atoms with Gasteiger partial charge in [0.1, 0.15) is 5.75 Å². The van der Waals surface area contributed by atoms with E-state index >= 15 is 0 Å². The monoisotopic (exact) mass is 390 g/mol. The summed E-state index contributed by atoms with van der Waals surface area (Å²) >= 11 is 3.41. The fourth-order valence-corrected chi connectivity index (χ4v) is 2.92. The third-order valence-electron chi connectivity index (χ3n) is 3.86. The second-order valence-corrected chi connectivity index (χ2v) is 6.27. The minimum atomic E-state index is 0. The largest absolute Gasteiger partial charge is 0.494 e. The Balaban J connectivity index is 0.00000242. The molecule has 0 bridgehead atoms. The second-order valence-electron chi connectivity index (χ2n) is 5.35. The second kappa shape index (κ2) is 10.1. The molecule has 1 aromatic rings.